The van der Waals surface area contributed by atoms with Crippen molar-refractivity contribution in [3.8, 4) is 0 Å². The molecule has 1 aromatic carbocycles. The fourth-order valence-corrected chi connectivity index (χ4v) is 3.33. The van der Waals surface area contributed by atoms with Crippen LogP contribution in [0.4, 0.5) is 4.79 Å². The minimum Gasteiger partial charge on any atom is -0.343 e. The molecule has 1 aliphatic rings. The number of thiophene rings is 1. The average molecular weight is 357 g/mol. The Morgan fingerprint density at radius 3 is 2.36 bits per heavy atom. The number of rotatable bonds is 5. The summed E-state index contributed by atoms with van der Waals surface area (Å²) in [5, 5.41) is 4.73. The Morgan fingerprint density at radius 2 is 1.80 bits per heavy atom. The Kier molecular flexibility index (Phi) is 4.62. The lowest BCUT2D eigenvalue weighted by molar-refractivity contribution is -0.143. The van der Waals surface area contributed by atoms with E-state index in [0.717, 1.165) is 10.4 Å². The second-order valence-electron chi connectivity index (χ2n) is 5.46. The number of carbonyl (C=O) groups excluding carboxylic acids is 4. The third kappa shape index (κ3) is 3.29. The molecule has 3 rings (SSSR count). The highest BCUT2D eigenvalue weighted by Crippen LogP contribution is 2.26. The molecule has 1 aliphatic heterocycles. The molecule has 0 radical (unpaired) electrons. The lowest BCUT2D eigenvalue weighted by atomic mass is 10.1. The second kappa shape index (κ2) is 6.86. The minimum absolute atomic E-state index is 0.394. The molecule has 5 amide bonds. The van der Waals surface area contributed by atoms with Crippen LogP contribution < -0.4 is 5.32 Å². The van der Waals surface area contributed by atoms with Gasteiger partial charge in [-0.25, -0.2) is 9.69 Å². The zero-order chi connectivity index (χ0) is 18.0. The molecule has 1 atom stereocenters. The summed E-state index contributed by atoms with van der Waals surface area (Å²) in [6, 6.07) is 12.0. The number of hydrogen-bond acceptors (Lipinski definition) is 5. The van der Waals surface area contributed by atoms with E-state index in [9.17, 15) is 19.2 Å². The van der Waals surface area contributed by atoms with Crippen molar-refractivity contribution in [2.75, 3.05) is 13.6 Å². The van der Waals surface area contributed by atoms with Crippen LogP contribution in [0.15, 0.2) is 47.8 Å². The standard InChI is InChI=1S/C17H15N3O4S/c1-19-15(22)16(23)20(17(19)24)10-13(21)18-14(12-8-5-9-25-12)11-6-3-2-4-7-11/h2-9,14H,10H2,1H3,(H,18,21)/t14-/m1/s1. The molecule has 0 unspecified atom stereocenters. The Hall–Kier alpha value is -3.00. The number of likely N-dealkylation sites (N-methyl/N-ethyl adjacent to an activating group) is 1. The zero-order valence-corrected chi connectivity index (χ0v) is 14.2. The van der Waals surface area contributed by atoms with E-state index in [0.29, 0.717) is 9.80 Å². The Labute approximate surface area is 147 Å². The number of benzene rings is 1. The molecule has 128 valence electrons. The van der Waals surface area contributed by atoms with Gasteiger partial charge in [0.15, 0.2) is 0 Å². The van der Waals surface area contributed by atoms with Gasteiger partial charge in [-0.3, -0.25) is 19.3 Å². The predicted octanol–water partition coefficient (Wildman–Crippen LogP) is 1.37. The van der Waals surface area contributed by atoms with Crippen molar-refractivity contribution in [3.63, 3.8) is 0 Å². The molecule has 0 saturated carbocycles. The van der Waals surface area contributed by atoms with E-state index in [4.69, 9.17) is 0 Å². The number of hydrogen-bond donors (Lipinski definition) is 1. The van der Waals surface area contributed by atoms with Crippen LogP contribution >= 0.6 is 11.3 Å². The number of imide groups is 2. The Balaban J connectivity index is 1.77. The molecule has 25 heavy (non-hydrogen) atoms. The van der Waals surface area contributed by atoms with Gasteiger partial charge in [-0.2, -0.15) is 0 Å². The van der Waals surface area contributed by atoms with Crippen LogP contribution in [0, 0.1) is 0 Å². The van der Waals surface area contributed by atoms with Crippen molar-refractivity contribution in [2.24, 2.45) is 0 Å². The first-order valence-electron chi connectivity index (χ1n) is 7.50. The Bertz CT molecular complexity index is 820. The number of carbonyl (C=O) groups is 4. The molecule has 0 bridgehead atoms. The van der Waals surface area contributed by atoms with Crippen molar-refractivity contribution in [2.45, 2.75) is 6.04 Å². The van der Waals surface area contributed by atoms with Gasteiger partial charge in [0.25, 0.3) is 0 Å². The van der Waals surface area contributed by atoms with Crippen LogP contribution in [0.3, 0.4) is 0 Å². The van der Waals surface area contributed by atoms with Crippen LogP contribution in [-0.4, -0.2) is 47.1 Å². The molecular formula is C17H15N3O4S. The van der Waals surface area contributed by atoms with Crippen LogP contribution in [0.25, 0.3) is 0 Å². The van der Waals surface area contributed by atoms with Gasteiger partial charge in [0.2, 0.25) is 5.91 Å². The van der Waals surface area contributed by atoms with Crippen molar-refractivity contribution in [1.29, 1.82) is 0 Å². The monoisotopic (exact) mass is 357 g/mol. The quantitative estimate of drug-likeness (QED) is 0.647. The van der Waals surface area contributed by atoms with Gasteiger partial charge >= 0.3 is 17.8 Å². The second-order valence-corrected chi connectivity index (χ2v) is 6.44. The Morgan fingerprint density at radius 1 is 1.08 bits per heavy atom. The van der Waals surface area contributed by atoms with Gasteiger partial charge in [-0.1, -0.05) is 36.4 Å². The third-order valence-electron chi connectivity index (χ3n) is 3.82. The largest absolute Gasteiger partial charge is 0.343 e. The summed E-state index contributed by atoms with van der Waals surface area (Å²) in [6.45, 7) is -0.498. The maximum Gasteiger partial charge on any atom is 0.334 e. The van der Waals surface area contributed by atoms with Crippen molar-refractivity contribution < 1.29 is 19.2 Å². The van der Waals surface area contributed by atoms with Crippen molar-refractivity contribution >= 4 is 35.1 Å². The normalized spacial score (nSPS) is 15.6. The summed E-state index contributed by atoms with van der Waals surface area (Å²) >= 11 is 1.49. The first-order chi connectivity index (χ1) is 12.0. The highest BCUT2D eigenvalue weighted by atomic mass is 32.1. The molecule has 8 heteroatoms. The van der Waals surface area contributed by atoms with Gasteiger partial charge in [0.05, 0.1) is 6.04 Å². The first kappa shape index (κ1) is 16.8. The van der Waals surface area contributed by atoms with E-state index < -0.39 is 36.3 Å². The highest BCUT2D eigenvalue weighted by Gasteiger charge is 2.43. The molecule has 1 aromatic heterocycles. The van der Waals surface area contributed by atoms with Gasteiger partial charge in [-0.15, -0.1) is 11.3 Å². The molecule has 0 spiro atoms. The number of amides is 5. The predicted molar refractivity (Wildman–Crippen MR) is 90.6 cm³/mol. The highest BCUT2D eigenvalue weighted by molar-refractivity contribution is 7.10. The van der Waals surface area contributed by atoms with Gasteiger partial charge < -0.3 is 5.32 Å². The van der Waals surface area contributed by atoms with Gasteiger partial charge in [0.1, 0.15) is 6.54 Å². The van der Waals surface area contributed by atoms with Crippen molar-refractivity contribution in [3.05, 3.63) is 58.3 Å². The maximum atomic E-state index is 12.4. The molecule has 1 saturated heterocycles. The third-order valence-corrected chi connectivity index (χ3v) is 4.76. The summed E-state index contributed by atoms with van der Waals surface area (Å²) in [4.78, 5) is 49.8. The lowest BCUT2D eigenvalue weighted by Crippen LogP contribution is -2.42. The number of nitrogens with zero attached hydrogens (tertiary/aromatic N) is 2. The molecule has 0 aliphatic carbocycles. The van der Waals surface area contributed by atoms with E-state index in [2.05, 4.69) is 5.32 Å². The van der Waals surface area contributed by atoms with E-state index >= 15 is 0 Å². The first-order valence-corrected chi connectivity index (χ1v) is 8.38. The summed E-state index contributed by atoms with van der Waals surface area (Å²) in [6.07, 6.45) is 0. The summed E-state index contributed by atoms with van der Waals surface area (Å²) < 4.78 is 0. The van der Waals surface area contributed by atoms with Crippen LogP contribution in [-0.2, 0) is 14.4 Å². The van der Waals surface area contributed by atoms with Crippen LogP contribution in [0.5, 0.6) is 0 Å². The van der Waals surface area contributed by atoms with Crippen LogP contribution in [0.1, 0.15) is 16.5 Å². The smallest absolute Gasteiger partial charge is 0.334 e. The summed E-state index contributed by atoms with van der Waals surface area (Å²) in [5.74, 6) is -2.45. The average Bonchev–Trinajstić information content (AvgIpc) is 3.21. The minimum atomic E-state index is -0.991. The molecular weight excluding hydrogens is 342 g/mol. The van der Waals surface area contributed by atoms with Crippen molar-refractivity contribution in [1.82, 2.24) is 15.1 Å². The SMILES string of the molecule is CN1C(=O)C(=O)N(CC(=O)N[C@H](c2ccccc2)c2cccs2)C1=O. The number of nitrogens with one attached hydrogen (secondary N) is 1. The fraction of sp³-hybridized carbons (Fsp3) is 0.176. The van der Waals surface area contributed by atoms with E-state index in [-0.39, 0.29) is 0 Å². The molecule has 2 heterocycles. The topological polar surface area (TPSA) is 86.8 Å². The molecule has 7 nitrogen and oxygen atoms in total. The van der Waals surface area contributed by atoms with E-state index in [1.807, 2.05) is 47.8 Å². The van der Waals surface area contributed by atoms with Gasteiger partial charge in [0, 0.05) is 11.9 Å². The number of urea groups is 1. The summed E-state index contributed by atoms with van der Waals surface area (Å²) in [5.41, 5.74) is 0.880. The summed E-state index contributed by atoms with van der Waals surface area (Å²) in [7, 11) is 1.21. The fourth-order valence-electron chi connectivity index (χ4n) is 2.52. The van der Waals surface area contributed by atoms with Crippen LogP contribution in [0.2, 0.25) is 0 Å². The molecule has 1 N–H and O–H groups in total. The molecule has 1 fully saturated rings. The lowest BCUT2D eigenvalue weighted by Gasteiger charge is -2.20. The van der Waals surface area contributed by atoms with E-state index in [1.54, 1.807) is 0 Å². The molecule has 2 aromatic rings. The van der Waals surface area contributed by atoms with E-state index in [1.165, 1.54) is 18.4 Å². The zero-order valence-electron chi connectivity index (χ0n) is 13.3. The maximum absolute atomic E-state index is 12.4. The van der Waals surface area contributed by atoms with Gasteiger partial charge in [-0.05, 0) is 17.0 Å².